The number of H-pyrrole nitrogens is 1. The van der Waals surface area contributed by atoms with Crippen molar-refractivity contribution in [1.82, 2.24) is 9.97 Å². The molecule has 0 saturated heterocycles. The molecule has 102 valence electrons. The quantitative estimate of drug-likeness (QED) is 0.867. The second-order valence-corrected chi connectivity index (χ2v) is 4.84. The van der Waals surface area contributed by atoms with Crippen molar-refractivity contribution in [2.24, 2.45) is 5.73 Å². The van der Waals surface area contributed by atoms with Gasteiger partial charge in [0.05, 0.1) is 19.0 Å². The van der Waals surface area contributed by atoms with E-state index in [1.54, 1.807) is 7.11 Å². The Morgan fingerprint density at radius 2 is 2.21 bits per heavy atom. The van der Waals surface area contributed by atoms with E-state index in [9.17, 15) is 0 Å². The van der Waals surface area contributed by atoms with E-state index in [4.69, 9.17) is 10.5 Å². The summed E-state index contributed by atoms with van der Waals surface area (Å²) in [5.41, 5.74) is 8.85. The van der Waals surface area contributed by atoms with Crippen LogP contribution >= 0.6 is 0 Å². The molecule has 1 aromatic heterocycles. The van der Waals surface area contributed by atoms with E-state index >= 15 is 0 Å². The highest BCUT2D eigenvalue weighted by atomic mass is 16.5. The van der Waals surface area contributed by atoms with Gasteiger partial charge in [-0.25, -0.2) is 4.98 Å². The summed E-state index contributed by atoms with van der Waals surface area (Å²) < 4.78 is 5.27. The highest BCUT2D eigenvalue weighted by Crippen LogP contribution is 2.26. The summed E-state index contributed by atoms with van der Waals surface area (Å²) in [6.45, 7) is 4.85. The van der Waals surface area contributed by atoms with Crippen LogP contribution in [0.4, 0.5) is 0 Å². The zero-order valence-corrected chi connectivity index (χ0v) is 11.7. The molecule has 0 radical (unpaired) electrons. The third-order valence-corrected chi connectivity index (χ3v) is 3.37. The molecule has 3 N–H and O–H groups in total. The molecule has 1 unspecified atom stereocenters. The lowest BCUT2D eigenvalue weighted by Crippen LogP contribution is -2.05. The largest absolute Gasteiger partial charge is 0.496 e. The molecular weight excluding hydrogens is 238 g/mol. The van der Waals surface area contributed by atoms with Crippen molar-refractivity contribution in [2.75, 3.05) is 13.7 Å². The number of imidazole rings is 1. The number of rotatable bonds is 5. The molecule has 0 spiro atoms. The Hall–Kier alpha value is -1.81. The van der Waals surface area contributed by atoms with Gasteiger partial charge in [0, 0.05) is 11.5 Å². The second-order valence-electron chi connectivity index (χ2n) is 4.84. The predicted molar refractivity (Wildman–Crippen MR) is 77.4 cm³/mol. The van der Waals surface area contributed by atoms with Gasteiger partial charge in [-0.3, -0.25) is 0 Å². The second kappa shape index (κ2) is 5.89. The first-order valence-electron chi connectivity index (χ1n) is 6.55. The Kier molecular flexibility index (Phi) is 4.22. The van der Waals surface area contributed by atoms with Gasteiger partial charge in [-0.1, -0.05) is 6.92 Å². The Morgan fingerprint density at radius 1 is 1.42 bits per heavy atom. The van der Waals surface area contributed by atoms with E-state index < -0.39 is 0 Å². The number of ether oxygens (including phenoxy) is 1. The number of nitrogens with zero attached hydrogens (tertiary/aromatic N) is 1. The number of aromatic amines is 1. The van der Waals surface area contributed by atoms with Gasteiger partial charge in [0.15, 0.2) is 0 Å². The Morgan fingerprint density at radius 3 is 2.84 bits per heavy atom. The van der Waals surface area contributed by atoms with Crippen LogP contribution in [0.25, 0.3) is 11.3 Å². The SMILES string of the molecule is COc1ccc(-c2cnc(C(C)CCN)[nH]2)cc1C. The standard InChI is InChI=1S/C15H21N3O/c1-10(6-7-16)15-17-9-13(18-15)12-4-5-14(19-3)11(2)8-12/h4-5,8-10H,6-7,16H2,1-3H3,(H,17,18). The van der Waals surface area contributed by atoms with Crippen molar-refractivity contribution in [2.45, 2.75) is 26.2 Å². The van der Waals surface area contributed by atoms with Crippen molar-refractivity contribution >= 4 is 0 Å². The number of aromatic nitrogens is 2. The maximum Gasteiger partial charge on any atom is 0.121 e. The van der Waals surface area contributed by atoms with E-state index in [2.05, 4.69) is 23.0 Å². The van der Waals surface area contributed by atoms with Gasteiger partial charge in [0.2, 0.25) is 0 Å². The van der Waals surface area contributed by atoms with Crippen molar-refractivity contribution in [1.29, 1.82) is 0 Å². The molecule has 0 aliphatic rings. The summed E-state index contributed by atoms with van der Waals surface area (Å²) in [5, 5.41) is 0. The van der Waals surface area contributed by atoms with E-state index in [0.29, 0.717) is 12.5 Å². The molecule has 0 aliphatic carbocycles. The predicted octanol–water partition coefficient (Wildman–Crippen LogP) is 2.85. The van der Waals surface area contributed by atoms with Crippen LogP contribution in [0.15, 0.2) is 24.4 Å². The highest BCUT2D eigenvalue weighted by Gasteiger charge is 2.10. The summed E-state index contributed by atoms with van der Waals surface area (Å²) >= 11 is 0. The van der Waals surface area contributed by atoms with Crippen molar-refractivity contribution in [3.05, 3.63) is 35.8 Å². The first-order chi connectivity index (χ1) is 9.15. The lowest BCUT2D eigenvalue weighted by Gasteiger charge is -2.07. The lowest BCUT2D eigenvalue weighted by molar-refractivity contribution is 0.412. The molecule has 2 aromatic rings. The molecular formula is C15H21N3O. The molecule has 4 heteroatoms. The lowest BCUT2D eigenvalue weighted by atomic mass is 10.1. The van der Waals surface area contributed by atoms with E-state index in [1.807, 2.05) is 25.3 Å². The fourth-order valence-corrected chi connectivity index (χ4v) is 2.17. The van der Waals surface area contributed by atoms with Crippen molar-refractivity contribution < 1.29 is 4.74 Å². The van der Waals surface area contributed by atoms with Crippen LogP contribution in [0, 0.1) is 6.92 Å². The molecule has 0 bridgehead atoms. The number of methoxy groups -OCH3 is 1. The van der Waals surface area contributed by atoms with Crippen LogP contribution in [-0.4, -0.2) is 23.6 Å². The molecule has 19 heavy (non-hydrogen) atoms. The van der Waals surface area contributed by atoms with Crippen LogP contribution in [0.2, 0.25) is 0 Å². The summed E-state index contributed by atoms with van der Waals surface area (Å²) in [5.74, 6) is 2.26. The van der Waals surface area contributed by atoms with Gasteiger partial charge in [-0.05, 0) is 43.7 Å². The number of nitrogens with two attached hydrogens (primary N) is 1. The molecule has 1 heterocycles. The zero-order valence-electron chi connectivity index (χ0n) is 11.7. The van der Waals surface area contributed by atoms with Crippen LogP contribution in [0.5, 0.6) is 5.75 Å². The number of nitrogens with one attached hydrogen (secondary N) is 1. The Labute approximate surface area is 114 Å². The smallest absolute Gasteiger partial charge is 0.121 e. The number of aryl methyl sites for hydroxylation is 1. The number of hydrogen-bond donors (Lipinski definition) is 2. The monoisotopic (exact) mass is 259 g/mol. The third kappa shape index (κ3) is 2.96. The van der Waals surface area contributed by atoms with E-state index in [1.165, 1.54) is 0 Å². The fourth-order valence-electron chi connectivity index (χ4n) is 2.17. The fraction of sp³-hybridized carbons (Fsp3) is 0.400. The van der Waals surface area contributed by atoms with Crippen molar-refractivity contribution in [3.8, 4) is 17.0 Å². The van der Waals surface area contributed by atoms with Gasteiger partial charge >= 0.3 is 0 Å². The van der Waals surface area contributed by atoms with Gasteiger partial charge < -0.3 is 15.5 Å². The van der Waals surface area contributed by atoms with Gasteiger partial charge in [-0.2, -0.15) is 0 Å². The molecule has 0 amide bonds. The molecule has 0 saturated carbocycles. The molecule has 0 fully saturated rings. The van der Waals surface area contributed by atoms with Crippen LogP contribution in [0.1, 0.15) is 30.7 Å². The summed E-state index contributed by atoms with van der Waals surface area (Å²) in [7, 11) is 1.69. The average molecular weight is 259 g/mol. The zero-order chi connectivity index (χ0) is 13.8. The maximum absolute atomic E-state index is 5.58. The maximum atomic E-state index is 5.58. The molecule has 2 rings (SSSR count). The minimum atomic E-state index is 0.359. The van der Waals surface area contributed by atoms with Gasteiger partial charge in [0.1, 0.15) is 11.6 Å². The van der Waals surface area contributed by atoms with Crippen molar-refractivity contribution in [3.63, 3.8) is 0 Å². The number of hydrogen-bond acceptors (Lipinski definition) is 3. The highest BCUT2D eigenvalue weighted by molar-refractivity contribution is 5.61. The first kappa shape index (κ1) is 13.6. The van der Waals surface area contributed by atoms with Gasteiger partial charge in [0.25, 0.3) is 0 Å². The van der Waals surface area contributed by atoms with E-state index in [0.717, 1.165) is 34.8 Å². The summed E-state index contributed by atoms with van der Waals surface area (Å²) in [4.78, 5) is 7.81. The van der Waals surface area contributed by atoms with Crippen LogP contribution in [-0.2, 0) is 0 Å². The van der Waals surface area contributed by atoms with Crippen LogP contribution in [0.3, 0.4) is 0 Å². The number of benzene rings is 1. The van der Waals surface area contributed by atoms with Crippen LogP contribution < -0.4 is 10.5 Å². The molecule has 1 aromatic carbocycles. The average Bonchev–Trinajstić information content (AvgIpc) is 2.88. The third-order valence-electron chi connectivity index (χ3n) is 3.37. The van der Waals surface area contributed by atoms with Gasteiger partial charge in [-0.15, -0.1) is 0 Å². The minimum Gasteiger partial charge on any atom is -0.496 e. The molecule has 1 atom stereocenters. The Bertz CT molecular complexity index is 548. The minimum absolute atomic E-state index is 0.359. The van der Waals surface area contributed by atoms with E-state index in [-0.39, 0.29) is 0 Å². The molecule has 0 aliphatic heterocycles. The molecule has 4 nitrogen and oxygen atoms in total. The topological polar surface area (TPSA) is 63.9 Å². The Balaban J connectivity index is 2.25. The summed E-state index contributed by atoms with van der Waals surface area (Å²) in [6.07, 6.45) is 2.82. The summed E-state index contributed by atoms with van der Waals surface area (Å²) in [6, 6.07) is 6.12. The first-order valence-corrected chi connectivity index (χ1v) is 6.55. The normalized spacial score (nSPS) is 12.4.